The number of halogens is 1. The Labute approximate surface area is 127 Å². The molecule has 1 heterocycles. The highest BCUT2D eigenvalue weighted by atomic mass is 127. The van der Waals surface area contributed by atoms with Crippen molar-refractivity contribution < 1.29 is 14.3 Å². The molecule has 0 saturated heterocycles. The molecule has 2 rings (SSSR count). The molecule has 0 aromatic heterocycles. The maximum absolute atomic E-state index is 12.3. The summed E-state index contributed by atoms with van der Waals surface area (Å²) in [5.74, 6) is -0.767. The molecule has 4 nitrogen and oxygen atoms in total. The topological polar surface area (TPSA) is 46.6 Å². The standard InChI is InChI=1S/C13H16INO3Si/c1-18-6-7-19(2,3)15-11-5-4-9(14)8-10(11)12(16)13(15)17/h4-5,8H,6-7H2,1-3H3. The van der Waals surface area contributed by atoms with Crippen molar-refractivity contribution in [3.05, 3.63) is 27.3 Å². The van der Waals surface area contributed by atoms with Crippen LogP contribution in [-0.2, 0) is 9.53 Å². The number of methoxy groups -OCH3 is 1. The molecule has 0 saturated carbocycles. The minimum absolute atomic E-state index is 0.383. The Hall–Kier alpha value is -0.733. The lowest BCUT2D eigenvalue weighted by molar-refractivity contribution is -0.113. The molecule has 1 aliphatic rings. The molecule has 1 aliphatic heterocycles. The highest BCUT2D eigenvalue weighted by Gasteiger charge is 2.44. The van der Waals surface area contributed by atoms with Crippen LogP contribution in [0.3, 0.4) is 0 Å². The van der Waals surface area contributed by atoms with E-state index in [9.17, 15) is 9.59 Å². The van der Waals surface area contributed by atoms with E-state index in [4.69, 9.17) is 4.74 Å². The van der Waals surface area contributed by atoms with Crippen LogP contribution < -0.4 is 4.57 Å². The maximum Gasteiger partial charge on any atom is 0.291 e. The van der Waals surface area contributed by atoms with Gasteiger partial charge in [0.1, 0.15) is 0 Å². The molecule has 0 radical (unpaired) electrons. The van der Waals surface area contributed by atoms with Crippen LogP contribution in [0.15, 0.2) is 18.2 Å². The number of rotatable bonds is 4. The Morgan fingerprint density at radius 1 is 1.32 bits per heavy atom. The number of carbonyl (C=O) groups is 2. The summed E-state index contributed by atoms with van der Waals surface area (Å²) in [6.07, 6.45) is 0. The zero-order chi connectivity index (χ0) is 14.2. The van der Waals surface area contributed by atoms with Crippen LogP contribution in [0.4, 0.5) is 5.69 Å². The monoisotopic (exact) mass is 389 g/mol. The third kappa shape index (κ3) is 2.61. The first kappa shape index (κ1) is 14.7. The number of Topliss-reactive ketones (excluding diaryl/α,β-unsaturated/α-hetero) is 1. The van der Waals surface area contributed by atoms with Crippen molar-refractivity contribution in [3.8, 4) is 0 Å². The van der Waals surface area contributed by atoms with Gasteiger partial charge in [-0.2, -0.15) is 0 Å². The summed E-state index contributed by atoms with van der Waals surface area (Å²) in [4.78, 5) is 24.3. The van der Waals surface area contributed by atoms with E-state index < -0.39 is 8.24 Å². The van der Waals surface area contributed by atoms with Gasteiger partial charge in [-0.15, -0.1) is 0 Å². The first-order valence-corrected chi connectivity index (χ1v) is 10.3. The number of ketones is 1. The number of amides is 1. The van der Waals surface area contributed by atoms with Gasteiger partial charge in [0.25, 0.3) is 11.7 Å². The Morgan fingerprint density at radius 3 is 2.63 bits per heavy atom. The third-order valence-corrected chi connectivity index (χ3v) is 7.12. The second kappa shape index (κ2) is 5.33. The van der Waals surface area contributed by atoms with E-state index in [-0.39, 0.29) is 11.7 Å². The molecule has 6 heteroatoms. The maximum atomic E-state index is 12.3. The Morgan fingerprint density at radius 2 is 2.00 bits per heavy atom. The summed E-state index contributed by atoms with van der Waals surface area (Å²) in [7, 11) is -0.379. The summed E-state index contributed by atoms with van der Waals surface area (Å²) in [5, 5.41) is 0. The average Bonchev–Trinajstić information content (AvgIpc) is 2.60. The van der Waals surface area contributed by atoms with Gasteiger partial charge >= 0.3 is 0 Å². The van der Waals surface area contributed by atoms with E-state index >= 15 is 0 Å². The van der Waals surface area contributed by atoms with Crippen LogP contribution in [0.5, 0.6) is 0 Å². The fourth-order valence-corrected chi connectivity index (χ4v) is 5.19. The minimum atomic E-state index is -2.03. The number of hydrogen-bond acceptors (Lipinski definition) is 3. The van der Waals surface area contributed by atoms with E-state index in [1.54, 1.807) is 17.7 Å². The van der Waals surface area contributed by atoms with Gasteiger partial charge in [-0.25, -0.2) is 0 Å². The second-order valence-corrected chi connectivity index (χ2v) is 11.0. The molecular weight excluding hydrogens is 373 g/mol. The summed E-state index contributed by atoms with van der Waals surface area (Å²) in [6.45, 7) is 4.78. The van der Waals surface area contributed by atoms with Gasteiger partial charge < -0.3 is 9.30 Å². The van der Waals surface area contributed by atoms with E-state index in [2.05, 4.69) is 35.7 Å². The number of fused-ring (bicyclic) bond motifs is 1. The van der Waals surface area contributed by atoms with Crippen molar-refractivity contribution in [1.82, 2.24) is 0 Å². The highest BCUT2D eigenvalue weighted by Crippen LogP contribution is 2.35. The van der Waals surface area contributed by atoms with Gasteiger partial charge in [-0.1, -0.05) is 13.1 Å². The molecule has 0 spiro atoms. The van der Waals surface area contributed by atoms with Crippen LogP contribution in [-0.4, -0.2) is 33.6 Å². The van der Waals surface area contributed by atoms with Crippen LogP contribution in [0.25, 0.3) is 0 Å². The van der Waals surface area contributed by atoms with E-state index in [0.29, 0.717) is 12.2 Å². The predicted molar refractivity (Wildman–Crippen MR) is 85.1 cm³/mol. The number of ether oxygens (including phenoxy) is 1. The fraction of sp³-hybridized carbons (Fsp3) is 0.385. The second-order valence-electron chi connectivity index (χ2n) is 5.19. The Bertz CT molecular complexity index is 545. The molecule has 0 bridgehead atoms. The smallest absolute Gasteiger partial charge is 0.291 e. The molecule has 0 fully saturated rings. The summed E-state index contributed by atoms with van der Waals surface area (Å²) < 4.78 is 7.82. The van der Waals surface area contributed by atoms with E-state index in [1.807, 2.05) is 12.1 Å². The Kier molecular flexibility index (Phi) is 4.12. The van der Waals surface area contributed by atoms with Gasteiger partial charge in [0, 0.05) is 23.0 Å². The van der Waals surface area contributed by atoms with Crippen LogP contribution in [0.1, 0.15) is 10.4 Å². The van der Waals surface area contributed by atoms with E-state index in [0.717, 1.165) is 15.3 Å². The van der Waals surface area contributed by atoms with Crippen molar-refractivity contribution in [2.45, 2.75) is 19.1 Å². The minimum Gasteiger partial charge on any atom is -0.385 e. The lowest BCUT2D eigenvalue weighted by atomic mass is 10.1. The fourth-order valence-electron chi connectivity index (χ4n) is 2.28. The van der Waals surface area contributed by atoms with Crippen molar-refractivity contribution in [2.24, 2.45) is 0 Å². The lowest BCUT2D eigenvalue weighted by Gasteiger charge is -2.33. The van der Waals surface area contributed by atoms with Gasteiger partial charge in [0.2, 0.25) is 0 Å². The molecule has 0 aliphatic carbocycles. The highest BCUT2D eigenvalue weighted by molar-refractivity contribution is 14.1. The molecule has 0 unspecified atom stereocenters. The zero-order valence-corrected chi connectivity index (χ0v) is 14.4. The zero-order valence-electron chi connectivity index (χ0n) is 11.2. The third-order valence-electron chi connectivity index (χ3n) is 3.36. The van der Waals surface area contributed by atoms with Crippen molar-refractivity contribution >= 4 is 48.2 Å². The first-order chi connectivity index (χ1) is 8.88. The number of nitrogens with zero attached hydrogens (tertiary/aromatic N) is 1. The number of benzene rings is 1. The molecule has 1 aromatic rings. The van der Waals surface area contributed by atoms with Crippen LogP contribution >= 0.6 is 22.6 Å². The summed E-state index contributed by atoms with van der Waals surface area (Å²) in [5.41, 5.74) is 1.30. The van der Waals surface area contributed by atoms with Gasteiger partial charge in [0.15, 0.2) is 8.24 Å². The van der Waals surface area contributed by atoms with Crippen LogP contribution in [0.2, 0.25) is 19.1 Å². The average molecular weight is 389 g/mol. The largest absolute Gasteiger partial charge is 0.385 e. The van der Waals surface area contributed by atoms with E-state index in [1.165, 1.54) is 0 Å². The number of carbonyl (C=O) groups excluding carboxylic acids is 2. The van der Waals surface area contributed by atoms with Crippen molar-refractivity contribution in [2.75, 3.05) is 18.3 Å². The number of hydrogen-bond donors (Lipinski definition) is 0. The van der Waals surface area contributed by atoms with Gasteiger partial charge in [0.05, 0.1) is 5.56 Å². The molecule has 102 valence electrons. The SMILES string of the molecule is COCC[Si](C)(C)N1C(=O)C(=O)c2cc(I)ccc21. The lowest BCUT2D eigenvalue weighted by Crippen LogP contribution is -2.52. The molecule has 1 aromatic carbocycles. The predicted octanol–water partition coefficient (Wildman–Crippen LogP) is 2.67. The first-order valence-electron chi connectivity index (χ1n) is 6.06. The normalized spacial score (nSPS) is 15.1. The molecule has 1 amide bonds. The molecule has 19 heavy (non-hydrogen) atoms. The molecular formula is C13H16INO3Si. The van der Waals surface area contributed by atoms with Crippen molar-refractivity contribution in [1.29, 1.82) is 0 Å². The van der Waals surface area contributed by atoms with Crippen molar-refractivity contribution in [3.63, 3.8) is 0 Å². The Balaban J connectivity index is 2.43. The van der Waals surface area contributed by atoms with Gasteiger partial charge in [-0.05, 0) is 46.8 Å². The quantitative estimate of drug-likeness (QED) is 0.452. The molecule has 0 N–H and O–H groups in total. The van der Waals surface area contributed by atoms with Crippen LogP contribution in [0, 0.1) is 3.57 Å². The summed E-state index contributed by atoms with van der Waals surface area (Å²) >= 11 is 2.15. The number of anilines is 1. The molecule has 0 atom stereocenters. The van der Waals surface area contributed by atoms with Gasteiger partial charge in [-0.3, -0.25) is 9.59 Å². The summed E-state index contributed by atoms with van der Waals surface area (Å²) in [6, 6.07) is 6.41.